The van der Waals surface area contributed by atoms with E-state index in [1.807, 2.05) is 0 Å². The summed E-state index contributed by atoms with van der Waals surface area (Å²) in [4.78, 5) is 48.3. The maximum atomic E-state index is 14.0. The van der Waals surface area contributed by atoms with Crippen LogP contribution in [0.25, 0.3) is 0 Å². The molecule has 15 nitrogen and oxygen atoms in total. The molecule has 3 aromatic rings. The molecule has 0 saturated heterocycles. The number of ether oxygens (including phenoxy) is 1. The Balaban J connectivity index is 1.42. The number of nitrogens with two attached hydrogens (primary N) is 1. The number of carbonyl (C=O) groups excluding carboxylic acids is 3. The highest BCUT2D eigenvalue weighted by Crippen LogP contribution is 2.52. The van der Waals surface area contributed by atoms with Gasteiger partial charge >= 0.3 is 13.6 Å². The lowest BCUT2D eigenvalue weighted by Crippen LogP contribution is -2.48. The van der Waals surface area contributed by atoms with E-state index in [9.17, 15) is 29.1 Å². The van der Waals surface area contributed by atoms with Gasteiger partial charge in [-0.15, -0.1) is 11.6 Å². The van der Waals surface area contributed by atoms with Crippen LogP contribution in [0, 0.1) is 16.0 Å². The fourth-order valence-electron chi connectivity index (χ4n) is 6.04. The number of carbonyl (C=O) groups is 3. The number of alkyl halides is 1. The van der Waals surface area contributed by atoms with Crippen LogP contribution in [0.2, 0.25) is 0 Å². The van der Waals surface area contributed by atoms with Crippen LogP contribution in [0.5, 0.6) is 11.5 Å². The van der Waals surface area contributed by atoms with Crippen molar-refractivity contribution in [2.45, 2.75) is 83.9 Å². The molecule has 1 fully saturated rings. The fourth-order valence-corrected chi connectivity index (χ4v) is 7.69. The number of benzene rings is 2. The predicted octanol–water partition coefficient (Wildman–Crippen LogP) is 6.82. The van der Waals surface area contributed by atoms with Crippen molar-refractivity contribution in [1.29, 1.82) is 0 Å². The lowest BCUT2D eigenvalue weighted by atomic mass is 9.90. The molecule has 1 aliphatic carbocycles. The van der Waals surface area contributed by atoms with Crippen LogP contribution in [-0.2, 0) is 31.7 Å². The largest absolute Gasteiger partial charge is 0.492 e. The van der Waals surface area contributed by atoms with Gasteiger partial charge in [-0.2, -0.15) is 0 Å². The molecular formula is C37H49ClN5O10P. The van der Waals surface area contributed by atoms with Gasteiger partial charge in [0, 0.05) is 25.8 Å². The molecular weight excluding hydrogens is 741 g/mol. The van der Waals surface area contributed by atoms with Crippen molar-refractivity contribution in [3.63, 3.8) is 0 Å². The lowest BCUT2D eigenvalue weighted by molar-refractivity contribution is -0.402. The Morgan fingerprint density at radius 3 is 2.43 bits per heavy atom. The van der Waals surface area contributed by atoms with Gasteiger partial charge in [0.2, 0.25) is 11.8 Å². The smallest absolute Gasteiger partial charge is 0.461 e. The summed E-state index contributed by atoms with van der Waals surface area (Å²) in [6.45, 7) is 3.56. The lowest BCUT2D eigenvalue weighted by Gasteiger charge is -2.27. The second-order valence-electron chi connectivity index (χ2n) is 13.4. The quantitative estimate of drug-likeness (QED) is 0.0335. The Kier molecular flexibility index (Phi) is 15.9. The number of rotatable bonds is 21. The average molecular weight is 790 g/mol. The fraction of sp³-hybridized carbons (Fsp3) is 0.486. The molecule has 2 aromatic carbocycles. The number of furan rings is 1. The van der Waals surface area contributed by atoms with Crippen LogP contribution in [0.1, 0.15) is 92.1 Å². The first-order valence-electron chi connectivity index (χ1n) is 18.0. The molecule has 3 atom stereocenters. The predicted molar refractivity (Wildman–Crippen MR) is 202 cm³/mol. The molecule has 0 bridgehead atoms. The molecule has 4 rings (SSSR count). The highest BCUT2D eigenvalue weighted by Gasteiger charge is 2.33. The average Bonchev–Trinajstić information content (AvgIpc) is 3.63. The molecule has 17 heteroatoms. The molecule has 0 radical (unpaired) electrons. The number of unbranched alkanes of at least 4 members (excludes halogenated alkanes) is 1. The highest BCUT2D eigenvalue weighted by molar-refractivity contribution is 7.51. The minimum absolute atomic E-state index is 0.0934. The molecule has 1 aliphatic rings. The van der Waals surface area contributed by atoms with Crippen molar-refractivity contribution in [1.82, 2.24) is 15.3 Å². The number of primary amides is 1. The van der Waals surface area contributed by atoms with Crippen molar-refractivity contribution in [3.8, 4) is 11.5 Å². The van der Waals surface area contributed by atoms with E-state index in [4.69, 9.17) is 35.5 Å². The third-order valence-electron chi connectivity index (χ3n) is 9.09. The van der Waals surface area contributed by atoms with Crippen LogP contribution in [0.3, 0.4) is 0 Å². The van der Waals surface area contributed by atoms with Crippen LogP contribution < -0.4 is 25.6 Å². The van der Waals surface area contributed by atoms with E-state index < -0.39 is 48.4 Å². The third-order valence-corrected chi connectivity index (χ3v) is 11.3. The van der Waals surface area contributed by atoms with Gasteiger partial charge in [0.1, 0.15) is 34.8 Å². The molecule has 2 unspecified atom stereocenters. The van der Waals surface area contributed by atoms with Gasteiger partial charge < -0.3 is 30.0 Å². The minimum atomic E-state index is -4.00. The SMILES string of the molecule is CC(=O)N[C@@H](Cc1ccc(OP(=O)(OCc2ccc([N+](=O)[O-])o2)N(C)CCCCCl)cc1)C(=O)NC(C)c1ccc(OCC2CCCCC2)c(C(N)=O)c1. The highest BCUT2D eigenvalue weighted by atomic mass is 35.5. The number of amides is 3. The normalized spacial score (nSPS) is 15.5. The minimum Gasteiger partial charge on any atom is -0.492 e. The summed E-state index contributed by atoms with van der Waals surface area (Å²) in [6.07, 6.45) is 7.15. The Hall–Kier alpha value is -4.43. The molecule has 294 valence electrons. The summed E-state index contributed by atoms with van der Waals surface area (Å²) < 4.78 is 38.1. The summed E-state index contributed by atoms with van der Waals surface area (Å²) >= 11 is 5.82. The molecule has 0 spiro atoms. The Labute approximate surface area is 319 Å². The number of nitrogens with zero attached hydrogens (tertiary/aromatic N) is 2. The van der Waals surface area contributed by atoms with Crippen molar-refractivity contribution < 1.29 is 42.1 Å². The van der Waals surface area contributed by atoms with E-state index in [-0.39, 0.29) is 30.1 Å². The summed E-state index contributed by atoms with van der Waals surface area (Å²) in [5.74, 6) is -0.414. The maximum Gasteiger partial charge on any atom is 0.461 e. The number of hydrogen-bond donors (Lipinski definition) is 3. The van der Waals surface area contributed by atoms with Crippen molar-refractivity contribution in [2.24, 2.45) is 11.7 Å². The molecule has 1 saturated carbocycles. The molecule has 1 heterocycles. The van der Waals surface area contributed by atoms with Crippen LogP contribution in [-0.4, -0.2) is 59.4 Å². The van der Waals surface area contributed by atoms with Gasteiger partial charge in [-0.25, -0.2) is 9.24 Å². The van der Waals surface area contributed by atoms with Crippen molar-refractivity contribution in [3.05, 3.63) is 87.2 Å². The van der Waals surface area contributed by atoms with E-state index >= 15 is 0 Å². The van der Waals surface area contributed by atoms with Gasteiger partial charge in [-0.05, 0) is 87.0 Å². The van der Waals surface area contributed by atoms with E-state index in [2.05, 4.69) is 10.6 Å². The Bertz CT molecular complexity index is 1780. The molecule has 4 N–H and O–H groups in total. The van der Waals surface area contributed by atoms with Gasteiger partial charge in [0.05, 0.1) is 24.3 Å². The summed E-state index contributed by atoms with van der Waals surface area (Å²) in [7, 11) is -2.43. The van der Waals surface area contributed by atoms with Gasteiger partial charge in [-0.1, -0.05) is 37.5 Å². The summed E-state index contributed by atoms with van der Waals surface area (Å²) in [5.41, 5.74) is 7.22. The van der Waals surface area contributed by atoms with Crippen molar-refractivity contribution >= 4 is 43.0 Å². The maximum absolute atomic E-state index is 14.0. The number of halogens is 1. The number of hydrogen-bond acceptors (Lipinski definition) is 10. The molecule has 0 aliphatic heterocycles. The first-order chi connectivity index (χ1) is 25.8. The van der Waals surface area contributed by atoms with Gasteiger partial charge in [0.15, 0.2) is 0 Å². The Morgan fingerprint density at radius 2 is 1.80 bits per heavy atom. The first kappa shape index (κ1) is 42.3. The van der Waals surface area contributed by atoms with E-state index in [1.54, 1.807) is 56.4 Å². The summed E-state index contributed by atoms with van der Waals surface area (Å²) in [6, 6.07) is 12.6. The van der Waals surface area contributed by atoms with E-state index in [0.717, 1.165) is 12.8 Å². The first-order valence-corrected chi connectivity index (χ1v) is 20.0. The monoisotopic (exact) mass is 789 g/mol. The van der Waals surface area contributed by atoms with E-state index in [0.29, 0.717) is 54.7 Å². The number of nitrogens with one attached hydrogen (secondary N) is 2. The molecule has 1 aromatic heterocycles. The second kappa shape index (κ2) is 20.3. The van der Waals surface area contributed by atoms with Gasteiger partial charge in [0.25, 0.3) is 5.91 Å². The van der Waals surface area contributed by atoms with Gasteiger partial charge in [-0.3, -0.25) is 29.0 Å². The topological polar surface area (TPSA) is 206 Å². The second-order valence-corrected chi connectivity index (χ2v) is 15.8. The van der Waals surface area contributed by atoms with E-state index in [1.165, 1.54) is 43.0 Å². The van der Waals surface area contributed by atoms with Crippen LogP contribution in [0.15, 0.2) is 59.0 Å². The zero-order valence-corrected chi connectivity index (χ0v) is 32.4. The zero-order valence-electron chi connectivity index (χ0n) is 30.8. The van der Waals surface area contributed by atoms with Crippen molar-refractivity contribution in [2.75, 3.05) is 26.1 Å². The zero-order chi connectivity index (χ0) is 39.3. The molecule has 3 amide bonds. The standard InChI is InChI=1S/C37H49ClN5O10P/c1-25(29-13-17-34(32(22-29)36(39)45)50-23-28-9-5-4-6-10-28)40-37(46)33(41-26(2)44)21-27-11-14-30(15-12-27)53-54(49,42(3)20-8-7-19-38)51-24-31-16-18-35(52-31)43(47)48/h11-18,22,25,28,33H,4-10,19-21,23-24H2,1-3H3,(H2,39,45)(H,40,46)(H,41,44)/t25?,33-,54?/m0/s1. The molecule has 54 heavy (non-hydrogen) atoms. The third kappa shape index (κ3) is 12.6. The summed E-state index contributed by atoms with van der Waals surface area (Å²) in [5, 5.41) is 16.6. The Morgan fingerprint density at radius 1 is 1.07 bits per heavy atom. The number of nitro groups is 1. The van der Waals surface area contributed by atoms with Crippen LogP contribution >= 0.6 is 19.3 Å². The van der Waals surface area contributed by atoms with Crippen LogP contribution in [0.4, 0.5) is 5.88 Å².